The molecule has 0 aromatic heterocycles. The lowest BCUT2D eigenvalue weighted by molar-refractivity contribution is -0.147. The number of aliphatic hydroxyl groups is 1. The van der Waals surface area contributed by atoms with Crippen LogP contribution < -0.4 is 9.47 Å². The molecule has 21 heavy (non-hydrogen) atoms. The third kappa shape index (κ3) is 8.27. The van der Waals surface area contributed by atoms with Crippen LogP contribution in [0.3, 0.4) is 0 Å². The van der Waals surface area contributed by atoms with Crippen LogP contribution in [-0.2, 0) is 9.59 Å². The monoisotopic (exact) mass is 298 g/mol. The molecule has 0 heterocycles. The number of hydrogen-bond donors (Lipinski definition) is 3. The maximum atomic E-state index is 9.43. The summed E-state index contributed by atoms with van der Waals surface area (Å²) in [6, 6.07) is 5.58. The smallest absolute Gasteiger partial charge is 0.314 e. The first-order valence-electron chi connectivity index (χ1n) is 5.87. The van der Waals surface area contributed by atoms with Gasteiger partial charge < -0.3 is 24.8 Å². The summed E-state index contributed by atoms with van der Waals surface area (Å²) in [5.41, 5.74) is 0.969. The molecule has 1 rings (SSSR count). The average molecular weight is 298 g/mol. The van der Waals surface area contributed by atoms with E-state index in [9.17, 15) is 9.59 Å². The van der Waals surface area contributed by atoms with E-state index < -0.39 is 18.4 Å². The van der Waals surface area contributed by atoms with Gasteiger partial charge in [0.2, 0.25) is 0 Å². The minimum Gasteiger partial charge on any atom is -0.493 e. The zero-order chi connectivity index (χ0) is 16.3. The van der Waals surface area contributed by atoms with Crippen molar-refractivity contribution in [1.29, 1.82) is 0 Å². The Morgan fingerprint density at radius 3 is 2.05 bits per heavy atom. The van der Waals surface area contributed by atoms with Crippen LogP contribution in [-0.4, -0.2) is 48.1 Å². The van der Waals surface area contributed by atoms with Crippen LogP contribution in [0.1, 0.15) is 12.0 Å². The highest BCUT2D eigenvalue weighted by Gasteiger charge is 2.02. The van der Waals surface area contributed by atoms with Gasteiger partial charge in [-0.05, 0) is 17.7 Å². The first-order chi connectivity index (χ1) is 9.94. The standard InChI is InChI=1S/C11H14O3.C3H4O4/c1-13-10-6-5-9(4-3-7-12)8-11(10)14-2;4-2(5)1-3(6)7/h3-6,8,12H,7H2,1-2H3;1H2,(H,4,5)(H,6,7). The van der Waals surface area contributed by atoms with E-state index in [2.05, 4.69) is 0 Å². The maximum Gasteiger partial charge on any atom is 0.314 e. The van der Waals surface area contributed by atoms with Crippen LogP contribution in [0, 0.1) is 0 Å². The molecule has 0 radical (unpaired) electrons. The van der Waals surface area contributed by atoms with Gasteiger partial charge in [0.1, 0.15) is 6.42 Å². The van der Waals surface area contributed by atoms with Crippen molar-refractivity contribution in [2.75, 3.05) is 20.8 Å². The van der Waals surface area contributed by atoms with Gasteiger partial charge in [-0.2, -0.15) is 0 Å². The Kier molecular flexibility index (Phi) is 9.03. The lowest BCUT2D eigenvalue weighted by atomic mass is 10.2. The van der Waals surface area contributed by atoms with Crippen LogP contribution >= 0.6 is 0 Å². The molecule has 116 valence electrons. The van der Waals surface area contributed by atoms with E-state index in [1.54, 1.807) is 20.3 Å². The van der Waals surface area contributed by atoms with E-state index in [1.807, 2.05) is 24.3 Å². The van der Waals surface area contributed by atoms with Crippen molar-refractivity contribution in [3.63, 3.8) is 0 Å². The Bertz CT molecular complexity index is 482. The molecule has 7 heteroatoms. The molecule has 0 fully saturated rings. The highest BCUT2D eigenvalue weighted by atomic mass is 16.5. The van der Waals surface area contributed by atoms with Crippen molar-refractivity contribution in [1.82, 2.24) is 0 Å². The number of carboxylic acids is 2. The van der Waals surface area contributed by atoms with Crippen molar-refractivity contribution < 1.29 is 34.4 Å². The van der Waals surface area contributed by atoms with Crippen LogP contribution in [0.15, 0.2) is 24.3 Å². The molecule has 0 saturated heterocycles. The second-order valence-corrected chi connectivity index (χ2v) is 3.66. The van der Waals surface area contributed by atoms with E-state index in [0.717, 1.165) is 5.56 Å². The molecule has 0 atom stereocenters. The van der Waals surface area contributed by atoms with Crippen LogP contribution in [0.4, 0.5) is 0 Å². The molecule has 3 N–H and O–H groups in total. The van der Waals surface area contributed by atoms with Gasteiger partial charge in [-0.15, -0.1) is 0 Å². The molecule has 0 bridgehead atoms. The van der Waals surface area contributed by atoms with Gasteiger partial charge in [0.15, 0.2) is 11.5 Å². The molecule has 0 amide bonds. The predicted octanol–water partition coefficient (Wildman–Crippen LogP) is 1.25. The molecule has 0 unspecified atom stereocenters. The molecular formula is C14H18O7. The highest BCUT2D eigenvalue weighted by molar-refractivity contribution is 5.88. The van der Waals surface area contributed by atoms with Crippen LogP contribution in [0.2, 0.25) is 0 Å². The van der Waals surface area contributed by atoms with Gasteiger partial charge in [-0.3, -0.25) is 9.59 Å². The second kappa shape index (κ2) is 10.3. The summed E-state index contributed by atoms with van der Waals surface area (Å²) in [5.74, 6) is -1.23. The van der Waals surface area contributed by atoms with Gasteiger partial charge in [-0.25, -0.2) is 0 Å². The predicted molar refractivity (Wildman–Crippen MR) is 75.6 cm³/mol. The Balaban J connectivity index is 0.000000486. The number of carboxylic acid groups (broad SMARTS) is 2. The lowest BCUT2D eigenvalue weighted by Crippen LogP contribution is -2.03. The van der Waals surface area contributed by atoms with E-state index >= 15 is 0 Å². The average Bonchev–Trinajstić information content (AvgIpc) is 2.43. The van der Waals surface area contributed by atoms with E-state index in [1.165, 1.54) is 0 Å². The number of hydrogen-bond acceptors (Lipinski definition) is 5. The van der Waals surface area contributed by atoms with Crippen LogP contribution in [0.25, 0.3) is 6.08 Å². The van der Waals surface area contributed by atoms with E-state index in [-0.39, 0.29) is 6.61 Å². The molecule has 0 aliphatic carbocycles. The van der Waals surface area contributed by atoms with Gasteiger partial charge in [0.25, 0.3) is 0 Å². The number of aliphatic carboxylic acids is 2. The SMILES string of the molecule is COc1ccc(C=CCO)cc1OC.O=C(O)CC(=O)O. The number of carbonyl (C=O) groups is 2. The lowest BCUT2D eigenvalue weighted by Gasteiger charge is -2.07. The number of rotatable bonds is 6. The fourth-order valence-electron chi connectivity index (χ4n) is 1.27. The topological polar surface area (TPSA) is 113 Å². The summed E-state index contributed by atoms with van der Waals surface area (Å²) in [5, 5.41) is 24.0. The Hall–Kier alpha value is -2.54. The zero-order valence-electron chi connectivity index (χ0n) is 11.8. The molecule has 1 aromatic rings. The van der Waals surface area contributed by atoms with Crippen LogP contribution in [0.5, 0.6) is 11.5 Å². The summed E-state index contributed by atoms with van der Waals surface area (Å²) < 4.78 is 10.2. The van der Waals surface area contributed by atoms with Crippen molar-refractivity contribution >= 4 is 18.0 Å². The minimum atomic E-state index is -1.31. The number of aliphatic hydroxyl groups excluding tert-OH is 1. The third-order valence-electron chi connectivity index (χ3n) is 2.13. The summed E-state index contributed by atoms with van der Waals surface area (Å²) in [6.07, 6.45) is 2.68. The molecule has 0 aliphatic rings. The first-order valence-corrected chi connectivity index (χ1v) is 5.87. The number of methoxy groups -OCH3 is 2. The maximum absolute atomic E-state index is 9.43. The summed E-state index contributed by atoms with van der Waals surface area (Å²) >= 11 is 0. The highest BCUT2D eigenvalue weighted by Crippen LogP contribution is 2.27. The Labute approximate surface area is 122 Å². The molecule has 7 nitrogen and oxygen atoms in total. The normalized spacial score (nSPS) is 9.67. The van der Waals surface area contributed by atoms with Gasteiger partial charge in [0.05, 0.1) is 20.8 Å². The van der Waals surface area contributed by atoms with Gasteiger partial charge >= 0.3 is 11.9 Å². The zero-order valence-corrected chi connectivity index (χ0v) is 11.8. The van der Waals surface area contributed by atoms with Crippen molar-refractivity contribution in [2.45, 2.75) is 6.42 Å². The quantitative estimate of drug-likeness (QED) is 0.677. The third-order valence-corrected chi connectivity index (χ3v) is 2.13. The Morgan fingerprint density at radius 2 is 1.67 bits per heavy atom. The van der Waals surface area contributed by atoms with E-state index in [4.69, 9.17) is 24.8 Å². The van der Waals surface area contributed by atoms with Crippen molar-refractivity contribution in [2.24, 2.45) is 0 Å². The molecule has 1 aromatic carbocycles. The summed E-state index contributed by atoms with van der Waals surface area (Å²) in [4.78, 5) is 18.9. The number of benzene rings is 1. The largest absolute Gasteiger partial charge is 0.493 e. The molecule has 0 aliphatic heterocycles. The molecule has 0 saturated carbocycles. The fourth-order valence-corrected chi connectivity index (χ4v) is 1.27. The van der Waals surface area contributed by atoms with Gasteiger partial charge in [0, 0.05) is 0 Å². The second-order valence-electron chi connectivity index (χ2n) is 3.66. The summed E-state index contributed by atoms with van der Waals surface area (Å²) in [6.45, 7) is 0.0361. The molecule has 0 spiro atoms. The fraction of sp³-hybridized carbons (Fsp3) is 0.286. The molecular weight excluding hydrogens is 280 g/mol. The Morgan fingerprint density at radius 1 is 1.10 bits per heavy atom. The number of ether oxygens (including phenoxy) is 2. The van der Waals surface area contributed by atoms with E-state index in [0.29, 0.717) is 11.5 Å². The summed E-state index contributed by atoms with van der Waals surface area (Å²) in [7, 11) is 3.19. The van der Waals surface area contributed by atoms with Crippen molar-refractivity contribution in [3.8, 4) is 11.5 Å². The first kappa shape index (κ1) is 18.5. The minimum absolute atomic E-state index is 0.0361. The van der Waals surface area contributed by atoms with Crippen molar-refractivity contribution in [3.05, 3.63) is 29.8 Å². The van der Waals surface area contributed by atoms with Gasteiger partial charge in [-0.1, -0.05) is 18.2 Å².